The second kappa shape index (κ2) is 11.2. The molecule has 0 radical (unpaired) electrons. The van der Waals surface area contributed by atoms with Crippen LogP contribution in [0.2, 0.25) is 0 Å². The van der Waals surface area contributed by atoms with Crippen LogP contribution in [0.25, 0.3) is 0 Å². The SMILES string of the molecule is OCc1cccc(CSCc2cccc(CSCc3cccc(CO)n3)n2)n1. The Labute approximate surface area is 173 Å². The highest BCUT2D eigenvalue weighted by atomic mass is 32.2. The summed E-state index contributed by atoms with van der Waals surface area (Å²) in [5.74, 6) is 3.23. The van der Waals surface area contributed by atoms with E-state index in [4.69, 9.17) is 15.2 Å². The predicted molar refractivity (Wildman–Crippen MR) is 115 cm³/mol. The first-order valence-corrected chi connectivity index (χ1v) is 11.3. The van der Waals surface area contributed by atoms with Crippen LogP contribution in [0.15, 0.2) is 54.6 Å². The minimum absolute atomic E-state index is 0.0282. The summed E-state index contributed by atoms with van der Waals surface area (Å²) in [6, 6.07) is 17.6. The summed E-state index contributed by atoms with van der Waals surface area (Å²) in [7, 11) is 0. The third-order valence-corrected chi connectivity index (χ3v) is 5.92. The monoisotopic (exact) mass is 413 g/mol. The Bertz CT molecular complexity index is 824. The highest BCUT2D eigenvalue weighted by Gasteiger charge is 2.03. The molecule has 0 unspecified atom stereocenters. The summed E-state index contributed by atoms with van der Waals surface area (Å²) in [5, 5.41) is 18.3. The summed E-state index contributed by atoms with van der Waals surface area (Å²) in [5.41, 5.74) is 5.47. The summed E-state index contributed by atoms with van der Waals surface area (Å²) >= 11 is 3.53. The second-order valence-electron chi connectivity index (χ2n) is 6.16. The van der Waals surface area contributed by atoms with Gasteiger partial charge in [-0.25, -0.2) is 0 Å². The van der Waals surface area contributed by atoms with E-state index in [2.05, 4.69) is 9.97 Å². The fourth-order valence-electron chi connectivity index (χ4n) is 2.61. The smallest absolute Gasteiger partial charge is 0.0853 e. The number of rotatable bonds is 10. The molecule has 2 N–H and O–H groups in total. The molecule has 0 aromatic carbocycles. The highest BCUT2D eigenvalue weighted by molar-refractivity contribution is 7.97. The maximum atomic E-state index is 9.17. The largest absolute Gasteiger partial charge is 0.390 e. The molecule has 0 aliphatic rings. The average molecular weight is 414 g/mol. The lowest BCUT2D eigenvalue weighted by atomic mass is 10.3. The van der Waals surface area contributed by atoms with Gasteiger partial charge in [-0.2, -0.15) is 0 Å². The van der Waals surface area contributed by atoms with Gasteiger partial charge in [0.2, 0.25) is 0 Å². The lowest BCUT2D eigenvalue weighted by molar-refractivity contribution is 0.276. The van der Waals surface area contributed by atoms with Crippen molar-refractivity contribution in [3.8, 4) is 0 Å². The molecule has 28 heavy (non-hydrogen) atoms. The number of hydrogen-bond acceptors (Lipinski definition) is 7. The van der Waals surface area contributed by atoms with E-state index in [0.717, 1.165) is 45.8 Å². The first kappa shape index (κ1) is 20.8. The number of hydrogen-bond donors (Lipinski definition) is 2. The normalized spacial score (nSPS) is 10.9. The van der Waals surface area contributed by atoms with Crippen molar-refractivity contribution in [2.45, 2.75) is 36.2 Å². The van der Waals surface area contributed by atoms with Crippen LogP contribution in [0.1, 0.15) is 34.2 Å². The molecule has 146 valence electrons. The van der Waals surface area contributed by atoms with E-state index in [1.807, 2.05) is 54.6 Å². The van der Waals surface area contributed by atoms with Crippen molar-refractivity contribution in [2.24, 2.45) is 0 Å². The van der Waals surface area contributed by atoms with E-state index in [-0.39, 0.29) is 13.2 Å². The van der Waals surface area contributed by atoms with Crippen molar-refractivity contribution >= 4 is 23.5 Å². The number of thioether (sulfide) groups is 2. The molecule has 0 saturated carbocycles. The van der Waals surface area contributed by atoms with Crippen LogP contribution in [0.5, 0.6) is 0 Å². The van der Waals surface area contributed by atoms with Crippen LogP contribution >= 0.6 is 23.5 Å². The molecule has 0 saturated heterocycles. The lowest BCUT2D eigenvalue weighted by Gasteiger charge is -2.06. The Morgan fingerprint density at radius 3 is 1.11 bits per heavy atom. The average Bonchev–Trinajstić information content (AvgIpc) is 2.74. The van der Waals surface area contributed by atoms with Crippen molar-refractivity contribution in [1.82, 2.24) is 15.0 Å². The molecule has 7 heteroatoms. The number of aliphatic hydroxyl groups excluding tert-OH is 2. The molecule has 3 aromatic rings. The van der Waals surface area contributed by atoms with Crippen molar-refractivity contribution in [3.05, 3.63) is 88.8 Å². The Kier molecular flexibility index (Phi) is 8.29. The molecule has 0 aliphatic heterocycles. The molecule has 5 nitrogen and oxygen atoms in total. The number of nitrogens with zero attached hydrogens (tertiary/aromatic N) is 3. The zero-order chi connectivity index (χ0) is 19.6. The predicted octanol–water partition coefficient (Wildman–Crippen LogP) is 3.72. The van der Waals surface area contributed by atoms with Gasteiger partial charge in [-0.15, -0.1) is 23.5 Å². The van der Waals surface area contributed by atoms with E-state index >= 15 is 0 Å². The van der Waals surface area contributed by atoms with E-state index in [1.165, 1.54) is 0 Å². The zero-order valence-corrected chi connectivity index (χ0v) is 17.1. The van der Waals surface area contributed by atoms with E-state index < -0.39 is 0 Å². The topological polar surface area (TPSA) is 79.1 Å². The summed E-state index contributed by atoms with van der Waals surface area (Å²) < 4.78 is 0. The standard InChI is InChI=1S/C21H23N3O2S2/c25-10-16-4-1-6-18(22-16)12-27-14-20-8-3-9-21(24-20)15-28-13-19-7-2-5-17(11-26)23-19/h1-9,25-26H,10-15H2. The molecule has 3 heterocycles. The molecular weight excluding hydrogens is 390 g/mol. The maximum absolute atomic E-state index is 9.17. The zero-order valence-electron chi connectivity index (χ0n) is 15.5. The molecule has 0 bridgehead atoms. The van der Waals surface area contributed by atoms with E-state index in [0.29, 0.717) is 11.4 Å². The van der Waals surface area contributed by atoms with Crippen LogP contribution in [-0.4, -0.2) is 25.2 Å². The third kappa shape index (κ3) is 6.60. The number of aromatic nitrogens is 3. The van der Waals surface area contributed by atoms with Crippen LogP contribution in [0.3, 0.4) is 0 Å². The Balaban J connectivity index is 1.46. The molecule has 3 aromatic heterocycles. The Hall–Kier alpha value is -1.93. The van der Waals surface area contributed by atoms with Gasteiger partial charge < -0.3 is 10.2 Å². The molecular formula is C21H23N3O2S2. The molecule has 0 aliphatic carbocycles. The van der Waals surface area contributed by atoms with Gasteiger partial charge in [-0.3, -0.25) is 15.0 Å². The summed E-state index contributed by atoms with van der Waals surface area (Å²) in [6.07, 6.45) is 0. The minimum Gasteiger partial charge on any atom is -0.390 e. The summed E-state index contributed by atoms with van der Waals surface area (Å²) in [4.78, 5) is 13.6. The van der Waals surface area contributed by atoms with Gasteiger partial charge >= 0.3 is 0 Å². The van der Waals surface area contributed by atoms with Gasteiger partial charge in [-0.1, -0.05) is 18.2 Å². The molecule has 0 amide bonds. The van der Waals surface area contributed by atoms with Crippen LogP contribution in [0.4, 0.5) is 0 Å². The summed E-state index contributed by atoms with van der Waals surface area (Å²) in [6.45, 7) is -0.0564. The molecule has 0 spiro atoms. The van der Waals surface area contributed by atoms with Crippen LogP contribution < -0.4 is 0 Å². The van der Waals surface area contributed by atoms with Gasteiger partial charge in [-0.05, 0) is 36.4 Å². The Morgan fingerprint density at radius 1 is 0.500 bits per heavy atom. The highest BCUT2D eigenvalue weighted by Crippen LogP contribution is 2.19. The van der Waals surface area contributed by atoms with Gasteiger partial charge in [0, 0.05) is 23.0 Å². The molecule has 3 rings (SSSR count). The van der Waals surface area contributed by atoms with Crippen molar-refractivity contribution in [1.29, 1.82) is 0 Å². The van der Waals surface area contributed by atoms with Gasteiger partial charge in [0.25, 0.3) is 0 Å². The maximum Gasteiger partial charge on any atom is 0.0853 e. The van der Waals surface area contributed by atoms with Crippen molar-refractivity contribution in [2.75, 3.05) is 0 Å². The van der Waals surface area contributed by atoms with Crippen LogP contribution in [0, 0.1) is 0 Å². The van der Waals surface area contributed by atoms with E-state index in [9.17, 15) is 0 Å². The Morgan fingerprint density at radius 2 is 0.786 bits per heavy atom. The van der Waals surface area contributed by atoms with Crippen molar-refractivity contribution in [3.63, 3.8) is 0 Å². The minimum atomic E-state index is -0.0282. The fraction of sp³-hybridized carbons (Fsp3) is 0.286. The third-order valence-electron chi connectivity index (χ3n) is 3.92. The number of aliphatic hydroxyl groups is 2. The lowest BCUT2D eigenvalue weighted by Crippen LogP contribution is -1.96. The van der Waals surface area contributed by atoms with E-state index in [1.54, 1.807) is 23.5 Å². The molecule has 0 fully saturated rings. The fourth-order valence-corrected chi connectivity index (χ4v) is 4.29. The van der Waals surface area contributed by atoms with Gasteiger partial charge in [0.05, 0.1) is 47.4 Å². The van der Waals surface area contributed by atoms with Gasteiger partial charge in [0.15, 0.2) is 0 Å². The first-order valence-electron chi connectivity index (χ1n) is 8.98. The molecule has 0 atom stereocenters. The van der Waals surface area contributed by atoms with Gasteiger partial charge in [0.1, 0.15) is 0 Å². The quantitative estimate of drug-likeness (QED) is 0.524. The van der Waals surface area contributed by atoms with Crippen molar-refractivity contribution < 1.29 is 10.2 Å². The van der Waals surface area contributed by atoms with Crippen LogP contribution in [-0.2, 0) is 36.2 Å². The second-order valence-corrected chi connectivity index (χ2v) is 8.13. The first-order chi connectivity index (χ1) is 13.8. The number of pyridine rings is 3.